The molecular weight excluding hydrogens is 451 g/mol. The number of alkyl halides is 3. The SMILES string of the molecule is CCOC(=O)C(Cc1ccc(OC(F)(F)F)cc1)C(=O)NS(=O)(=O)/C=C/c1ccccc1. The number of benzene rings is 2. The third kappa shape index (κ3) is 8.42. The molecule has 7 nitrogen and oxygen atoms in total. The topological polar surface area (TPSA) is 98.8 Å². The summed E-state index contributed by atoms with van der Waals surface area (Å²) in [6.45, 7) is 1.46. The first-order valence-electron chi connectivity index (χ1n) is 9.30. The molecule has 0 radical (unpaired) electrons. The number of carbonyl (C=O) groups is 2. The van der Waals surface area contributed by atoms with Gasteiger partial charge in [-0.3, -0.25) is 9.59 Å². The van der Waals surface area contributed by atoms with Crippen molar-refractivity contribution in [2.45, 2.75) is 19.7 Å². The summed E-state index contributed by atoms with van der Waals surface area (Å²) in [5, 5.41) is 0.783. The molecule has 2 rings (SSSR count). The fourth-order valence-electron chi connectivity index (χ4n) is 2.57. The van der Waals surface area contributed by atoms with Gasteiger partial charge in [0.05, 0.1) is 12.0 Å². The lowest BCUT2D eigenvalue weighted by Gasteiger charge is -2.15. The van der Waals surface area contributed by atoms with Gasteiger partial charge in [0.1, 0.15) is 11.7 Å². The Morgan fingerprint density at radius 1 is 1.06 bits per heavy atom. The van der Waals surface area contributed by atoms with Gasteiger partial charge < -0.3 is 9.47 Å². The molecule has 0 aliphatic heterocycles. The van der Waals surface area contributed by atoms with E-state index in [1.165, 1.54) is 25.1 Å². The van der Waals surface area contributed by atoms with Crippen LogP contribution in [-0.4, -0.2) is 33.3 Å². The van der Waals surface area contributed by atoms with Crippen molar-refractivity contribution in [2.75, 3.05) is 6.61 Å². The number of sulfonamides is 1. The predicted molar refractivity (Wildman–Crippen MR) is 109 cm³/mol. The molecule has 0 bridgehead atoms. The van der Waals surface area contributed by atoms with Crippen LogP contribution in [-0.2, 0) is 30.8 Å². The van der Waals surface area contributed by atoms with Crippen LogP contribution in [0.1, 0.15) is 18.1 Å². The van der Waals surface area contributed by atoms with Gasteiger partial charge in [0.25, 0.3) is 10.0 Å². The summed E-state index contributed by atoms with van der Waals surface area (Å²) < 4.78 is 71.7. The van der Waals surface area contributed by atoms with E-state index in [0.29, 0.717) is 11.1 Å². The lowest BCUT2D eigenvalue weighted by atomic mass is 9.99. The van der Waals surface area contributed by atoms with Crippen molar-refractivity contribution in [3.05, 3.63) is 71.1 Å². The molecule has 0 saturated carbocycles. The Morgan fingerprint density at radius 3 is 2.25 bits per heavy atom. The summed E-state index contributed by atoms with van der Waals surface area (Å²) in [7, 11) is -4.22. The second-order valence-electron chi connectivity index (χ2n) is 6.43. The standard InChI is InChI=1S/C21H20F3NO6S/c1-2-30-20(27)18(14-16-8-10-17(11-9-16)31-21(22,23)24)19(26)25-32(28,29)13-12-15-6-4-3-5-7-15/h3-13,18H,2,14H2,1H3,(H,25,26)/b13-12+. The molecule has 2 aromatic rings. The van der Waals surface area contributed by atoms with Crippen LogP contribution in [0.15, 0.2) is 60.0 Å². The van der Waals surface area contributed by atoms with Crippen molar-refractivity contribution in [1.29, 1.82) is 0 Å². The van der Waals surface area contributed by atoms with Crippen LogP contribution in [0.4, 0.5) is 13.2 Å². The molecule has 0 saturated heterocycles. The van der Waals surface area contributed by atoms with E-state index >= 15 is 0 Å². The van der Waals surface area contributed by atoms with Crippen LogP contribution in [0, 0.1) is 5.92 Å². The van der Waals surface area contributed by atoms with E-state index in [-0.39, 0.29) is 13.0 Å². The molecule has 0 aromatic heterocycles. The number of nitrogens with one attached hydrogen (secondary N) is 1. The van der Waals surface area contributed by atoms with Gasteiger partial charge in [0.15, 0.2) is 0 Å². The summed E-state index contributed by atoms with van der Waals surface area (Å²) in [6, 6.07) is 12.9. The Morgan fingerprint density at radius 2 is 1.69 bits per heavy atom. The number of rotatable bonds is 9. The minimum absolute atomic E-state index is 0.0539. The number of hydrogen-bond acceptors (Lipinski definition) is 6. The van der Waals surface area contributed by atoms with E-state index in [1.54, 1.807) is 35.1 Å². The summed E-state index contributed by atoms with van der Waals surface area (Å²) in [6.07, 6.45) is -3.89. The van der Waals surface area contributed by atoms with Gasteiger partial charge in [-0.05, 0) is 42.7 Å². The molecule has 0 heterocycles. The smallest absolute Gasteiger partial charge is 0.465 e. The first-order chi connectivity index (χ1) is 15.0. The molecule has 11 heteroatoms. The van der Waals surface area contributed by atoms with Gasteiger partial charge in [0, 0.05) is 0 Å². The van der Waals surface area contributed by atoms with Crippen molar-refractivity contribution < 1.29 is 40.7 Å². The van der Waals surface area contributed by atoms with Crippen molar-refractivity contribution in [3.63, 3.8) is 0 Å². The second kappa shape index (κ2) is 10.8. The zero-order chi connectivity index (χ0) is 23.8. The zero-order valence-electron chi connectivity index (χ0n) is 16.8. The first-order valence-corrected chi connectivity index (χ1v) is 10.8. The summed E-state index contributed by atoms with van der Waals surface area (Å²) in [5.41, 5.74) is 0.874. The van der Waals surface area contributed by atoms with Crippen molar-refractivity contribution in [3.8, 4) is 5.75 Å². The predicted octanol–water partition coefficient (Wildman–Crippen LogP) is 3.42. The van der Waals surface area contributed by atoms with Crippen molar-refractivity contribution >= 4 is 28.0 Å². The maximum atomic E-state index is 12.5. The average molecular weight is 471 g/mol. The molecule has 1 N–H and O–H groups in total. The number of esters is 1. The Labute approximate surface area is 182 Å². The number of amides is 1. The van der Waals surface area contributed by atoms with Crippen molar-refractivity contribution in [1.82, 2.24) is 4.72 Å². The fourth-order valence-corrected chi connectivity index (χ4v) is 3.39. The van der Waals surface area contributed by atoms with Gasteiger partial charge in [-0.2, -0.15) is 0 Å². The minimum atomic E-state index is -4.86. The molecule has 1 amide bonds. The highest BCUT2D eigenvalue weighted by Gasteiger charge is 2.32. The molecular formula is C21H20F3NO6S. The quantitative estimate of drug-likeness (QED) is 0.445. The van der Waals surface area contributed by atoms with E-state index in [4.69, 9.17) is 4.74 Å². The van der Waals surface area contributed by atoms with Gasteiger partial charge in [-0.15, -0.1) is 13.2 Å². The highest BCUT2D eigenvalue weighted by Crippen LogP contribution is 2.23. The van der Waals surface area contributed by atoms with Crippen LogP contribution in [0.25, 0.3) is 6.08 Å². The van der Waals surface area contributed by atoms with Gasteiger partial charge in [-0.1, -0.05) is 42.5 Å². The van der Waals surface area contributed by atoms with Gasteiger partial charge in [-0.25, -0.2) is 13.1 Å². The van der Waals surface area contributed by atoms with Crippen LogP contribution < -0.4 is 9.46 Å². The molecule has 0 aliphatic rings. The third-order valence-electron chi connectivity index (χ3n) is 3.97. The molecule has 0 fully saturated rings. The molecule has 0 spiro atoms. The van der Waals surface area contributed by atoms with Crippen LogP contribution in [0.2, 0.25) is 0 Å². The number of halogens is 3. The summed E-state index contributed by atoms with van der Waals surface area (Å²) in [4.78, 5) is 24.8. The van der Waals surface area contributed by atoms with Gasteiger partial charge >= 0.3 is 12.3 Å². The first kappa shape index (κ1) is 24.9. The summed E-state index contributed by atoms with van der Waals surface area (Å²) in [5.74, 6) is -4.11. The molecule has 2 aromatic carbocycles. The minimum Gasteiger partial charge on any atom is -0.465 e. The van der Waals surface area contributed by atoms with Crippen LogP contribution in [0.5, 0.6) is 5.75 Å². The van der Waals surface area contributed by atoms with E-state index in [0.717, 1.165) is 17.5 Å². The maximum absolute atomic E-state index is 12.5. The monoisotopic (exact) mass is 471 g/mol. The molecule has 172 valence electrons. The molecule has 1 unspecified atom stereocenters. The summed E-state index contributed by atoms with van der Waals surface area (Å²) >= 11 is 0. The van der Waals surface area contributed by atoms with Crippen LogP contribution in [0.3, 0.4) is 0 Å². The lowest BCUT2D eigenvalue weighted by molar-refractivity contribution is -0.274. The molecule has 1 atom stereocenters. The van der Waals surface area contributed by atoms with Crippen molar-refractivity contribution in [2.24, 2.45) is 5.92 Å². The molecule has 32 heavy (non-hydrogen) atoms. The Hall–Kier alpha value is -3.34. The third-order valence-corrected chi connectivity index (χ3v) is 4.95. The molecule has 0 aliphatic carbocycles. The van der Waals surface area contributed by atoms with Gasteiger partial charge in [0.2, 0.25) is 5.91 Å². The zero-order valence-corrected chi connectivity index (χ0v) is 17.7. The Balaban J connectivity index is 2.14. The largest absolute Gasteiger partial charge is 0.573 e. The maximum Gasteiger partial charge on any atom is 0.573 e. The average Bonchev–Trinajstić information content (AvgIpc) is 2.71. The second-order valence-corrected chi connectivity index (χ2v) is 7.99. The highest BCUT2D eigenvalue weighted by atomic mass is 32.2. The van der Waals surface area contributed by atoms with E-state index in [9.17, 15) is 31.2 Å². The van der Waals surface area contributed by atoms with Crippen LogP contribution >= 0.6 is 0 Å². The fraction of sp³-hybridized carbons (Fsp3) is 0.238. The van der Waals surface area contributed by atoms with E-state index < -0.39 is 39.9 Å². The number of hydrogen-bond donors (Lipinski definition) is 1. The Bertz CT molecular complexity index is 1050. The normalized spacial score (nSPS) is 12.9. The van der Waals surface area contributed by atoms with E-state index in [1.807, 2.05) is 0 Å². The number of ether oxygens (including phenoxy) is 2. The number of carbonyl (C=O) groups excluding carboxylic acids is 2. The Kier molecular flexibility index (Phi) is 8.41. The van der Waals surface area contributed by atoms with E-state index in [2.05, 4.69) is 4.74 Å². The lowest BCUT2D eigenvalue weighted by Crippen LogP contribution is -2.40. The highest BCUT2D eigenvalue weighted by molar-refractivity contribution is 7.93.